The third-order valence-corrected chi connectivity index (χ3v) is 6.37. The van der Waals surface area contributed by atoms with Gasteiger partial charge in [0, 0.05) is 44.3 Å². The maximum absolute atomic E-state index is 6.05. The van der Waals surface area contributed by atoms with Crippen LogP contribution in [-0.4, -0.2) is 47.6 Å². The normalized spacial score (nSPS) is 15.6. The second-order valence-electron chi connectivity index (χ2n) is 8.43. The fraction of sp³-hybridized carbons (Fsp3) is 0.360. The highest BCUT2D eigenvalue weighted by molar-refractivity contribution is 6.30. The fourth-order valence-corrected chi connectivity index (χ4v) is 4.58. The average molecular weight is 523 g/mol. The molecule has 1 fully saturated rings. The van der Waals surface area contributed by atoms with Crippen molar-refractivity contribution in [2.45, 2.75) is 26.1 Å². The summed E-state index contributed by atoms with van der Waals surface area (Å²) < 4.78 is 5.85. The smallest absolute Gasteiger partial charge is 0.234 e. The van der Waals surface area contributed by atoms with Crippen molar-refractivity contribution in [3.63, 3.8) is 0 Å². The molecule has 0 amide bonds. The highest BCUT2D eigenvalue weighted by Gasteiger charge is 2.19. The molecule has 2 aromatic carbocycles. The number of hydrogen-bond acceptors (Lipinski definition) is 6. The van der Waals surface area contributed by atoms with Crippen molar-refractivity contribution in [1.82, 2.24) is 20.2 Å². The number of halogens is 3. The number of rotatable bonds is 6. The van der Waals surface area contributed by atoms with Crippen molar-refractivity contribution in [2.75, 3.05) is 37.6 Å². The molecule has 9 heteroatoms. The largest absolute Gasteiger partial charge is 0.472 e. The minimum atomic E-state index is 0. The van der Waals surface area contributed by atoms with Crippen molar-refractivity contribution in [3.8, 4) is 5.88 Å². The number of fused-ring (bicyclic) bond motifs is 1. The molecule has 1 saturated heterocycles. The Hall–Kier alpha value is -2.09. The number of hydrogen-bond donors (Lipinski definition) is 1. The molecule has 6 nitrogen and oxygen atoms in total. The van der Waals surface area contributed by atoms with E-state index in [1.807, 2.05) is 30.5 Å². The number of nitrogens with zero attached hydrogens (tertiary/aromatic N) is 4. The summed E-state index contributed by atoms with van der Waals surface area (Å²) in [5.74, 6) is 1.40. The number of nitrogens with one attached hydrogen (secondary N) is 1. The Kier molecular flexibility index (Phi) is 9.80. The molecule has 5 rings (SSSR count). The zero-order chi connectivity index (χ0) is 21.8. The molecule has 3 heterocycles. The summed E-state index contributed by atoms with van der Waals surface area (Å²) in [6.45, 7) is 7.36. The van der Waals surface area contributed by atoms with Crippen LogP contribution in [0, 0.1) is 0 Å². The lowest BCUT2D eigenvalue weighted by atomic mass is 9.98. The monoisotopic (exact) mass is 521 g/mol. The first-order valence-corrected chi connectivity index (χ1v) is 11.6. The zero-order valence-corrected chi connectivity index (χ0v) is 21.3. The van der Waals surface area contributed by atoms with Gasteiger partial charge in [0.25, 0.3) is 0 Å². The highest BCUT2D eigenvalue weighted by atomic mass is 35.5. The molecule has 0 bridgehead atoms. The summed E-state index contributed by atoms with van der Waals surface area (Å²) in [4.78, 5) is 13.8. The Labute approximate surface area is 218 Å². The molecule has 0 unspecified atom stereocenters. The number of benzene rings is 2. The van der Waals surface area contributed by atoms with Gasteiger partial charge in [-0.1, -0.05) is 41.9 Å². The molecule has 3 aromatic rings. The van der Waals surface area contributed by atoms with Crippen LogP contribution >= 0.6 is 36.4 Å². The van der Waals surface area contributed by atoms with Crippen molar-refractivity contribution >= 4 is 42.2 Å². The summed E-state index contributed by atoms with van der Waals surface area (Å²) in [7, 11) is 0. The Morgan fingerprint density at radius 1 is 0.941 bits per heavy atom. The van der Waals surface area contributed by atoms with Crippen LogP contribution < -0.4 is 15.0 Å². The van der Waals surface area contributed by atoms with Gasteiger partial charge in [0.05, 0.1) is 12.4 Å². The van der Waals surface area contributed by atoms with Crippen molar-refractivity contribution < 1.29 is 4.74 Å². The molecule has 2 aliphatic rings. The summed E-state index contributed by atoms with van der Waals surface area (Å²) in [6, 6.07) is 14.6. The van der Waals surface area contributed by atoms with E-state index in [4.69, 9.17) is 16.3 Å². The number of aromatic nitrogens is 2. The van der Waals surface area contributed by atoms with Crippen LogP contribution in [0.5, 0.6) is 5.88 Å². The number of piperazine rings is 1. The third-order valence-electron chi connectivity index (χ3n) is 6.14. The average Bonchev–Trinajstić information content (AvgIpc) is 2.83. The quantitative estimate of drug-likeness (QED) is 0.514. The predicted molar refractivity (Wildman–Crippen MR) is 142 cm³/mol. The Morgan fingerprint density at radius 2 is 1.79 bits per heavy atom. The van der Waals surface area contributed by atoms with Gasteiger partial charge in [0.1, 0.15) is 6.61 Å². The van der Waals surface area contributed by atoms with Crippen LogP contribution in [0.3, 0.4) is 0 Å². The van der Waals surface area contributed by atoms with Gasteiger partial charge in [0.2, 0.25) is 5.88 Å². The van der Waals surface area contributed by atoms with Gasteiger partial charge in [-0.2, -0.15) is 4.98 Å². The van der Waals surface area contributed by atoms with E-state index < -0.39 is 0 Å². The minimum Gasteiger partial charge on any atom is -0.472 e. The number of ether oxygens (including phenoxy) is 1. The maximum Gasteiger partial charge on any atom is 0.234 e. The van der Waals surface area contributed by atoms with E-state index in [0.29, 0.717) is 17.5 Å². The lowest BCUT2D eigenvalue weighted by molar-refractivity contribution is 0.248. The highest BCUT2D eigenvalue weighted by Crippen LogP contribution is 2.20. The van der Waals surface area contributed by atoms with Crippen molar-refractivity contribution in [3.05, 3.63) is 82.1 Å². The second kappa shape index (κ2) is 12.6. The number of anilines is 1. The second-order valence-corrected chi connectivity index (χ2v) is 8.86. The molecular weight excluding hydrogens is 493 g/mol. The summed E-state index contributed by atoms with van der Waals surface area (Å²) in [6.07, 6.45) is 4.62. The van der Waals surface area contributed by atoms with E-state index in [9.17, 15) is 0 Å². The van der Waals surface area contributed by atoms with Gasteiger partial charge in [0.15, 0.2) is 5.82 Å². The lowest BCUT2D eigenvalue weighted by Gasteiger charge is -2.35. The topological polar surface area (TPSA) is 53.5 Å². The fourth-order valence-electron chi connectivity index (χ4n) is 4.37. The van der Waals surface area contributed by atoms with Gasteiger partial charge in [-0.15, -0.1) is 24.8 Å². The summed E-state index contributed by atoms with van der Waals surface area (Å²) in [5, 5.41) is 4.18. The molecule has 0 spiro atoms. The van der Waals surface area contributed by atoms with Gasteiger partial charge >= 0.3 is 0 Å². The molecule has 2 aliphatic heterocycles. The molecule has 1 aromatic heterocycles. The van der Waals surface area contributed by atoms with Crippen LogP contribution in [0.2, 0.25) is 5.02 Å². The molecule has 34 heavy (non-hydrogen) atoms. The van der Waals surface area contributed by atoms with E-state index in [-0.39, 0.29) is 24.8 Å². The summed E-state index contributed by atoms with van der Waals surface area (Å²) >= 11 is 6.05. The first kappa shape index (κ1) is 26.5. The van der Waals surface area contributed by atoms with E-state index in [0.717, 1.165) is 63.6 Å². The Bertz CT molecular complexity index is 1080. The molecule has 0 atom stereocenters. The lowest BCUT2D eigenvalue weighted by Crippen LogP contribution is -2.46. The van der Waals surface area contributed by atoms with Gasteiger partial charge < -0.3 is 15.0 Å². The molecule has 0 aliphatic carbocycles. The summed E-state index contributed by atoms with van der Waals surface area (Å²) in [5.41, 5.74) is 5.36. The minimum absolute atomic E-state index is 0. The van der Waals surface area contributed by atoms with Gasteiger partial charge in [-0.3, -0.25) is 9.88 Å². The molecule has 0 radical (unpaired) electrons. The molecule has 1 N–H and O–H groups in total. The van der Waals surface area contributed by atoms with E-state index in [2.05, 4.69) is 43.3 Å². The molecule has 0 saturated carbocycles. The van der Waals surface area contributed by atoms with Crippen LogP contribution in [0.25, 0.3) is 0 Å². The zero-order valence-electron chi connectivity index (χ0n) is 19.0. The molecular formula is C25H30Cl3N5O. The van der Waals surface area contributed by atoms with E-state index in [1.165, 1.54) is 16.7 Å². The SMILES string of the molecule is Cl.Cl.Clc1cccc(COc2cncc(N3CCN(Cc4ccc5c(c4)CNCC5)CC3)n2)c1. The first-order valence-electron chi connectivity index (χ1n) is 11.2. The third kappa shape index (κ3) is 6.74. The predicted octanol–water partition coefficient (Wildman–Crippen LogP) is 4.52. The standard InChI is InChI=1S/C25H28ClN5O.2ClH/c26-23-3-1-2-20(13-23)18-32-25-16-28-15-24(29-25)31-10-8-30(9-11-31)17-19-4-5-21-6-7-27-14-22(21)12-19;;/h1-5,12-13,15-16,27H,6-11,14,17-18H2;2*1H. The van der Waals surface area contributed by atoms with Crippen LogP contribution in [0.1, 0.15) is 22.3 Å². The van der Waals surface area contributed by atoms with Gasteiger partial charge in [-0.05, 0) is 47.4 Å². The van der Waals surface area contributed by atoms with Crippen LogP contribution in [0.15, 0.2) is 54.9 Å². The Morgan fingerprint density at radius 3 is 2.62 bits per heavy atom. The Balaban J connectivity index is 0.00000162. The van der Waals surface area contributed by atoms with E-state index >= 15 is 0 Å². The van der Waals surface area contributed by atoms with Crippen molar-refractivity contribution in [1.29, 1.82) is 0 Å². The van der Waals surface area contributed by atoms with Crippen LogP contribution in [0.4, 0.5) is 5.82 Å². The first-order chi connectivity index (χ1) is 15.7. The molecule has 182 valence electrons. The van der Waals surface area contributed by atoms with Crippen molar-refractivity contribution in [2.24, 2.45) is 0 Å². The maximum atomic E-state index is 6.05. The van der Waals surface area contributed by atoms with Gasteiger partial charge in [-0.25, -0.2) is 0 Å². The van der Waals surface area contributed by atoms with Crippen LogP contribution in [-0.2, 0) is 26.1 Å². The van der Waals surface area contributed by atoms with E-state index in [1.54, 1.807) is 6.20 Å².